The summed E-state index contributed by atoms with van der Waals surface area (Å²) < 4.78 is 10.2. The molecule has 0 aromatic carbocycles. The first-order valence-corrected chi connectivity index (χ1v) is 6.25. The minimum absolute atomic E-state index is 0.0859. The van der Waals surface area contributed by atoms with Crippen molar-refractivity contribution in [1.82, 2.24) is 10.6 Å². The number of esters is 2. The lowest BCUT2D eigenvalue weighted by atomic mass is 10.3. The van der Waals surface area contributed by atoms with Gasteiger partial charge in [-0.05, 0) is 25.9 Å². The maximum atomic E-state index is 11.4. The van der Waals surface area contributed by atoms with Crippen LogP contribution in [-0.2, 0) is 19.1 Å². The molecule has 0 amide bonds. The molecule has 0 spiro atoms. The van der Waals surface area contributed by atoms with Gasteiger partial charge in [0, 0.05) is 25.2 Å². The van der Waals surface area contributed by atoms with E-state index in [1.54, 1.807) is 0 Å². The van der Waals surface area contributed by atoms with E-state index in [2.05, 4.69) is 10.6 Å². The molecule has 0 unspecified atom stereocenters. The summed E-state index contributed by atoms with van der Waals surface area (Å²) in [7, 11) is 0. The van der Waals surface area contributed by atoms with Crippen LogP contribution in [0.15, 0.2) is 12.2 Å². The van der Waals surface area contributed by atoms with Crippen LogP contribution in [0.2, 0.25) is 0 Å². The van der Waals surface area contributed by atoms with E-state index in [4.69, 9.17) is 9.47 Å². The Hall–Kier alpha value is -1.40. The van der Waals surface area contributed by atoms with Gasteiger partial charge in [-0.15, -0.1) is 0 Å². The second-order valence-corrected chi connectivity index (χ2v) is 4.44. The second kappa shape index (κ2) is 6.51. The summed E-state index contributed by atoms with van der Waals surface area (Å²) in [6.07, 6.45) is 3.72. The average Bonchev–Trinajstić information content (AvgIpc) is 2.99. The van der Waals surface area contributed by atoms with E-state index in [9.17, 15) is 9.59 Å². The van der Waals surface area contributed by atoms with Gasteiger partial charge >= 0.3 is 11.9 Å². The number of hydrogen-bond acceptors (Lipinski definition) is 6. The fourth-order valence-electron chi connectivity index (χ4n) is 2.00. The first kappa shape index (κ1) is 13.0. The van der Waals surface area contributed by atoms with E-state index in [0.29, 0.717) is 13.1 Å². The molecule has 2 heterocycles. The van der Waals surface area contributed by atoms with Crippen LogP contribution in [0.3, 0.4) is 0 Å². The van der Waals surface area contributed by atoms with Crippen molar-refractivity contribution in [3.05, 3.63) is 12.2 Å². The number of ether oxygens (including phenoxy) is 2. The van der Waals surface area contributed by atoms with Crippen LogP contribution >= 0.6 is 0 Å². The van der Waals surface area contributed by atoms with E-state index in [1.807, 2.05) is 0 Å². The zero-order valence-electron chi connectivity index (χ0n) is 10.2. The van der Waals surface area contributed by atoms with Crippen LogP contribution in [0, 0.1) is 0 Å². The van der Waals surface area contributed by atoms with Gasteiger partial charge in [0.1, 0.15) is 12.2 Å². The van der Waals surface area contributed by atoms with E-state index >= 15 is 0 Å². The van der Waals surface area contributed by atoms with Crippen LogP contribution in [-0.4, -0.2) is 50.3 Å². The van der Waals surface area contributed by atoms with Gasteiger partial charge in [0.05, 0.1) is 0 Å². The third kappa shape index (κ3) is 4.12. The SMILES string of the molecule is O=C(/C=C\C(=O)O[C@@H]1CCNC1)O[C@@H]1CCNC1. The Kier molecular flexibility index (Phi) is 4.72. The molecule has 0 bridgehead atoms. The molecule has 2 aliphatic rings. The fraction of sp³-hybridized carbons (Fsp3) is 0.667. The molecule has 100 valence electrons. The molecule has 0 radical (unpaired) electrons. The highest BCUT2D eigenvalue weighted by Gasteiger charge is 2.19. The predicted octanol–water partition coefficient (Wildman–Crippen LogP) is -0.647. The molecule has 6 nitrogen and oxygen atoms in total. The van der Waals surface area contributed by atoms with Crippen molar-refractivity contribution in [2.75, 3.05) is 26.2 Å². The Morgan fingerprint density at radius 3 is 1.67 bits per heavy atom. The Morgan fingerprint density at radius 2 is 1.33 bits per heavy atom. The Morgan fingerprint density at radius 1 is 0.889 bits per heavy atom. The smallest absolute Gasteiger partial charge is 0.331 e. The third-order valence-electron chi connectivity index (χ3n) is 2.95. The van der Waals surface area contributed by atoms with Gasteiger partial charge in [0.15, 0.2) is 0 Å². The third-order valence-corrected chi connectivity index (χ3v) is 2.95. The van der Waals surface area contributed by atoms with Crippen LogP contribution in [0.1, 0.15) is 12.8 Å². The lowest BCUT2D eigenvalue weighted by Gasteiger charge is -2.09. The molecule has 2 N–H and O–H groups in total. The Balaban J connectivity index is 1.68. The van der Waals surface area contributed by atoms with Gasteiger partial charge in [0.25, 0.3) is 0 Å². The lowest BCUT2D eigenvalue weighted by molar-refractivity contribution is -0.144. The van der Waals surface area contributed by atoms with Crippen LogP contribution < -0.4 is 10.6 Å². The Bertz CT molecular complexity index is 299. The van der Waals surface area contributed by atoms with Gasteiger partial charge in [-0.2, -0.15) is 0 Å². The number of rotatable bonds is 4. The molecule has 0 aliphatic carbocycles. The Labute approximate surface area is 106 Å². The molecule has 18 heavy (non-hydrogen) atoms. The summed E-state index contributed by atoms with van der Waals surface area (Å²) >= 11 is 0. The van der Waals surface area contributed by atoms with Crippen molar-refractivity contribution in [1.29, 1.82) is 0 Å². The zero-order valence-corrected chi connectivity index (χ0v) is 10.2. The highest BCUT2D eigenvalue weighted by molar-refractivity contribution is 5.91. The topological polar surface area (TPSA) is 76.7 Å². The summed E-state index contributed by atoms with van der Waals surface area (Å²) in [5.41, 5.74) is 0. The first-order chi connectivity index (χ1) is 8.74. The maximum absolute atomic E-state index is 11.4. The maximum Gasteiger partial charge on any atom is 0.331 e. The molecule has 0 saturated carbocycles. The highest BCUT2D eigenvalue weighted by Crippen LogP contribution is 2.05. The van der Waals surface area contributed by atoms with Gasteiger partial charge < -0.3 is 20.1 Å². The van der Waals surface area contributed by atoms with Gasteiger partial charge in [-0.3, -0.25) is 0 Å². The van der Waals surface area contributed by atoms with E-state index in [-0.39, 0.29) is 12.2 Å². The minimum Gasteiger partial charge on any atom is -0.458 e. The van der Waals surface area contributed by atoms with Gasteiger partial charge in [-0.25, -0.2) is 9.59 Å². The molecular formula is C12H18N2O4. The molecular weight excluding hydrogens is 236 g/mol. The number of carbonyl (C=O) groups excluding carboxylic acids is 2. The molecule has 0 aromatic rings. The molecule has 0 aromatic heterocycles. The predicted molar refractivity (Wildman–Crippen MR) is 63.9 cm³/mol. The summed E-state index contributed by atoms with van der Waals surface area (Å²) in [4.78, 5) is 22.8. The average molecular weight is 254 g/mol. The largest absolute Gasteiger partial charge is 0.458 e. The first-order valence-electron chi connectivity index (χ1n) is 6.25. The summed E-state index contributed by atoms with van der Waals surface area (Å²) in [5.74, 6) is -0.990. The van der Waals surface area contributed by atoms with Crippen molar-refractivity contribution in [2.24, 2.45) is 0 Å². The summed E-state index contributed by atoms with van der Waals surface area (Å²) in [6, 6.07) is 0. The monoisotopic (exact) mass is 254 g/mol. The van der Waals surface area contributed by atoms with Gasteiger partial charge in [-0.1, -0.05) is 0 Å². The van der Waals surface area contributed by atoms with E-state index in [1.165, 1.54) is 0 Å². The number of carbonyl (C=O) groups is 2. The van der Waals surface area contributed by atoms with Crippen molar-refractivity contribution in [2.45, 2.75) is 25.0 Å². The normalized spacial score (nSPS) is 27.6. The molecule has 6 heteroatoms. The standard InChI is InChI=1S/C12H18N2O4/c15-11(17-9-3-5-13-7-9)1-2-12(16)18-10-4-6-14-8-10/h1-2,9-10,13-14H,3-8H2/b2-1-/t9-,10-/m1/s1. The molecule has 2 atom stereocenters. The second-order valence-electron chi connectivity index (χ2n) is 4.44. The summed E-state index contributed by atoms with van der Waals surface area (Å²) in [6.45, 7) is 3.08. The van der Waals surface area contributed by atoms with Crippen molar-refractivity contribution >= 4 is 11.9 Å². The van der Waals surface area contributed by atoms with Crippen LogP contribution in [0.4, 0.5) is 0 Å². The molecule has 2 fully saturated rings. The molecule has 2 rings (SSSR count). The fourth-order valence-corrected chi connectivity index (χ4v) is 2.00. The molecule has 2 saturated heterocycles. The number of nitrogens with one attached hydrogen (secondary N) is 2. The van der Waals surface area contributed by atoms with Crippen molar-refractivity contribution in [3.8, 4) is 0 Å². The highest BCUT2D eigenvalue weighted by atomic mass is 16.5. The van der Waals surface area contributed by atoms with Crippen molar-refractivity contribution < 1.29 is 19.1 Å². The van der Waals surface area contributed by atoms with Gasteiger partial charge in [0.2, 0.25) is 0 Å². The van der Waals surface area contributed by atoms with E-state index in [0.717, 1.165) is 38.1 Å². The number of hydrogen-bond donors (Lipinski definition) is 2. The molecule has 2 aliphatic heterocycles. The lowest BCUT2D eigenvalue weighted by Crippen LogP contribution is -2.21. The van der Waals surface area contributed by atoms with Crippen LogP contribution in [0.5, 0.6) is 0 Å². The minimum atomic E-state index is -0.495. The van der Waals surface area contributed by atoms with E-state index < -0.39 is 11.9 Å². The zero-order chi connectivity index (χ0) is 12.8. The summed E-state index contributed by atoms with van der Waals surface area (Å²) in [5, 5.41) is 6.18. The quantitative estimate of drug-likeness (QED) is 0.513. The van der Waals surface area contributed by atoms with Crippen molar-refractivity contribution in [3.63, 3.8) is 0 Å². The van der Waals surface area contributed by atoms with Crippen LogP contribution in [0.25, 0.3) is 0 Å².